The van der Waals surface area contributed by atoms with E-state index in [1.807, 2.05) is 45.0 Å². The fraction of sp³-hybridized carbons (Fsp3) is 0.500. The molecule has 6 atom stereocenters. The van der Waals surface area contributed by atoms with Crippen molar-refractivity contribution in [3.63, 3.8) is 0 Å². The average molecular weight is 984 g/mol. The van der Waals surface area contributed by atoms with Gasteiger partial charge in [-0.3, -0.25) is 9.59 Å². The summed E-state index contributed by atoms with van der Waals surface area (Å²) in [6, 6.07) is 25.6. The Labute approximate surface area is 424 Å². The Morgan fingerprint density at radius 3 is 1.81 bits per heavy atom. The number of carbonyl (C=O) groups is 4. The molecular weight excluding hydrogens is 911 g/mol. The number of Topliss-reactive ketones (excluding diaryl/α,β-unsaturated/α-hetero) is 1. The van der Waals surface area contributed by atoms with Gasteiger partial charge in [-0.2, -0.15) is 0 Å². The lowest BCUT2D eigenvalue weighted by molar-refractivity contribution is -0.135. The van der Waals surface area contributed by atoms with Gasteiger partial charge in [0, 0.05) is 43.3 Å². The van der Waals surface area contributed by atoms with Gasteiger partial charge >= 0.3 is 12.2 Å². The van der Waals surface area contributed by atoms with E-state index in [1.165, 1.54) is 36.7 Å². The van der Waals surface area contributed by atoms with Crippen molar-refractivity contribution in [2.75, 3.05) is 56.9 Å². The molecule has 3 aliphatic rings. The van der Waals surface area contributed by atoms with Crippen molar-refractivity contribution >= 4 is 35.3 Å². The van der Waals surface area contributed by atoms with Crippen LogP contribution in [0.1, 0.15) is 133 Å². The zero-order valence-electron chi connectivity index (χ0n) is 43.0. The Morgan fingerprint density at radius 2 is 1.22 bits per heavy atom. The first-order chi connectivity index (χ1) is 34.8. The summed E-state index contributed by atoms with van der Waals surface area (Å²) in [6.45, 7) is 13.7. The molecule has 3 aromatic carbocycles. The van der Waals surface area contributed by atoms with Crippen molar-refractivity contribution < 1.29 is 33.4 Å². The number of alkyl carbamates (subject to hydrolysis) is 2. The van der Waals surface area contributed by atoms with Crippen LogP contribution in [0.5, 0.6) is 0 Å². The van der Waals surface area contributed by atoms with E-state index in [4.69, 9.17) is 24.2 Å². The molecule has 5 heterocycles. The van der Waals surface area contributed by atoms with Crippen molar-refractivity contribution in [2.45, 2.75) is 122 Å². The second kappa shape index (κ2) is 23.7. The van der Waals surface area contributed by atoms with Crippen molar-refractivity contribution in [1.29, 1.82) is 0 Å². The van der Waals surface area contributed by atoms with Gasteiger partial charge in [0.05, 0.1) is 75.4 Å². The molecule has 0 bridgehead atoms. The van der Waals surface area contributed by atoms with Crippen molar-refractivity contribution in [3.8, 4) is 22.5 Å². The number of unbranched alkanes of at least 4 members (excludes halogenated alkanes) is 1. The van der Waals surface area contributed by atoms with Crippen LogP contribution in [-0.4, -0.2) is 108 Å². The van der Waals surface area contributed by atoms with E-state index in [0.29, 0.717) is 13.0 Å². The molecule has 0 aliphatic carbocycles. The number of imidazole rings is 2. The highest BCUT2D eigenvalue weighted by Gasteiger charge is 2.38. The van der Waals surface area contributed by atoms with Crippen LogP contribution in [0.25, 0.3) is 22.5 Å². The van der Waals surface area contributed by atoms with Gasteiger partial charge in [-0.1, -0.05) is 89.6 Å². The molecule has 384 valence electrons. The van der Waals surface area contributed by atoms with Gasteiger partial charge in [-0.15, -0.1) is 0 Å². The average Bonchev–Trinajstić information content (AvgIpc) is 4.26. The lowest BCUT2D eigenvalue weighted by Crippen LogP contribution is -2.51. The highest BCUT2D eigenvalue weighted by atomic mass is 16.5. The number of morpholine rings is 1. The lowest BCUT2D eigenvalue weighted by atomic mass is 9.95. The summed E-state index contributed by atoms with van der Waals surface area (Å²) in [6.07, 6.45) is 9.07. The van der Waals surface area contributed by atoms with Crippen LogP contribution in [-0.2, 0) is 23.8 Å². The number of H-pyrrole nitrogens is 2. The Morgan fingerprint density at radius 1 is 0.667 bits per heavy atom. The van der Waals surface area contributed by atoms with Crippen molar-refractivity contribution in [3.05, 3.63) is 108 Å². The lowest BCUT2D eigenvalue weighted by Gasteiger charge is -2.34. The van der Waals surface area contributed by atoms with E-state index in [0.717, 1.165) is 105 Å². The Hall–Kier alpha value is -6.68. The Bertz CT molecular complexity index is 2590. The molecule has 16 nitrogen and oxygen atoms in total. The number of hydrogen-bond donors (Lipinski definition) is 4. The molecule has 3 fully saturated rings. The molecule has 3 aliphatic heterocycles. The van der Waals surface area contributed by atoms with Crippen LogP contribution in [0.3, 0.4) is 0 Å². The predicted molar refractivity (Wildman–Crippen MR) is 279 cm³/mol. The molecule has 2 aromatic heterocycles. The van der Waals surface area contributed by atoms with Crippen LogP contribution in [0.2, 0.25) is 0 Å². The van der Waals surface area contributed by atoms with Gasteiger partial charge in [-0.05, 0) is 96.9 Å². The summed E-state index contributed by atoms with van der Waals surface area (Å²) in [5, 5.41) is 5.41. The maximum Gasteiger partial charge on any atom is 0.407 e. The largest absolute Gasteiger partial charge is 0.453 e. The monoisotopic (exact) mass is 984 g/mol. The number of carbonyl (C=O) groups excluding carboxylic acids is 4. The van der Waals surface area contributed by atoms with E-state index in [9.17, 15) is 19.2 Å². The van der Waals surface area contributed by atoms with Crippen LogP contribution >= 0.6 is 0 Å². The fourth-order valence-corrected chi connectivity index (χ4v) is 10.7. The predicted octanol–water partition coefficient (Wildman–Crippen LogP) is 10.0. The third kappa shape index (κ3) is 12.0. The molecular formula is C56H73N9O7. The smallest absolute Gasteiger partial charge is 0.407 e. The molecule has 3 amide bonds. The van der Waals surface area contributed by atoms with Gasteiger partial charge < -0.3 is 49.5 Å². The summed E-state index contributed by atoms with van der Waals surface area (Å²) in [7, 11) is 2.61. The normalized spacial score (nSPS) is 19.3. The molecule has 8 rings (SSSR count). The van der Waals surface area contributed by atoms with E-state index < -0.39 is 24.3 Å². The number of amides is 3. The summed E-state index contributed by atoms with van der Waals surface area (Å²) >= 11 is 0. The number of rotatable bonds is 19. The number of aromatic nitrogens is 4. The number of anilines is 2. The maximum absolute atomic E-state index is 13.8. The topological polar surface area (TPSA) is 187 Å². The zero-order valence-corrected chi connectivity index (χ0v) is 43.0. The first-order valence-electron chi connectivity index (χ1n) is 25.9. The van der Waals surface area contributed by atoms with E-state index in [1.54, 1.807) is 0 Å². The fourth-order valence-electron chi connectivity index (χ4n) is 10.7. The minimum Gasteiger partial charge on any atom is -0.453 e. The van der Waals surface area contributed by atoms with Crippen LogP contribution in [0, 0.1) is 11.8 Å². The molecule has 0 radical (unpaired) electrons. The van der Waals surface area contributed by atoms with E-state index in [2.05, 4.69) is 110 Å². The number of nitrogens with zero attached hydrogens (tertiary/aromatic N) is 5. The molecule has 4 N–H and O–H groups in total. The number of hydrogen-bond acceptors (Lipinski definition) is 11. The molecule has 0 spiro atoms. The number of nitrogens with one attached hydrogen (secondary N) is 4. The molecule has 0 saturated carbocycles. The standard InChI is InChI=1S/C56H73N9O7/c1-35(2)50(61-55(68)70-6)49(66)13-9-8-11-37(5)52-57-33-44(59-52)38-14-18-40(19-15-38)46-26-27-47(65(46)43-24-22-42(23-25-43)63-29-31-72-32-30-63)41-20-16-39(17-21-41)45-34-58-53(60-45)48-12-10-28-64(48)54(67)51(36(3)4)62-56(69)71-7/h14-25,33-37,46-48,50-51H,8-13,26-32H2,1-7H3,(H,57,59)(H,58,60)(H,61,68)(H,62,69)/t37-,46+,47+,48-,50-,51-/m0/s1. The van der Waals surface area contributed by atoms with Crippen molar-refractivity contribution in [2.24, 2.45) is 11.8 Å². The van der Waals surface area contributed by atoms with E-state index >= 15 is 0 Å². The summed E-state index contributed by atoms with van der Waals surface area (Å²) in [5.41, 5.74) is 8.82. The molecule has 16 heteroatoms. The molecule has 5 aromatic rings. The summed E-state index contributed by atoms with van der Waals surface area (Å²) < 4.78 is 15.2. The number of benzene rings is 3. The first-order valence-corrected chi connectivity index (χ1v) is 25.9. The molecule has 0 unspecified atom stereocenters. The zero-order chi connectivity index (χ0) is 50.9. The maximum atomic E-state index is 13.8. The first kappa shape index (κ1) is 51.7. The molecule has 3 saturated heterocycles. The third-order valence-electron chi connectivity index (χ3n) is 14.8. The van der Waals surface area contributed by atoms with Crippen LogP contribution in [0.4, 0.5) is 21.0 Å². The van der Waals surface area contributed by atoms with Crippen LogP contribution < -0.4 is 20.4 Å². The third-order valence-corrected chi connectivity index (χ3v) is 14.8. The summed E-state index contributed by atoms with van der Waals surface area (Å²) in [4.78, 5) is 74.0. The quantitative estimate of drug-likeness (QED) is 0.0577. The number of likely N-dealkylation sites (tertiary alicyclic amines) is 1. The SMILES string of the molecule is COC(=O)N[C@H](C(=O)CCCC[C@H](C)c1ncc(-c2ccc([C@H]3CC[C@H](c4ccc(-c5cnc([C@@H]6CCCN6C(=O)[C@@H](NC(=O)OC)C(C)C)[nH]5)cc4)N3c3ccc(N4CCOCC4)cc3)cc2)[nH]1)C(C)C. The Kier molecular flexibility index (Phi) is 17.0. The Balaban J connectivity index is 0.951. The van der Waals surface area contributed by atoms with Gasteiger partial charge in [-0.25, -0.2) is 19.6 Å². The number of ketones is 1. The van der Waals surface area contributed by atoms with Crippen molar-refractivity contribution in [1.82, 2.24) is 35.5 Å². The second-order valence-electron chi connectivity index (χ2n) is 20.3. The summed E-state index contributed by atoms with van der Waals surface area (Å²) in [5.74, 6) is 1.62. The minimum atomic E-state index is -0.694. The van der Waals surface area contributed by atoms with Gasteiger partial charge in [0.2, 0.25) is 5.91 Å². The molecule has 72 heavy (non-hydrogen) atoms. The highest BCUT2D eigenvalue weighted by Crippen LogP contribution is 2.48. The number of ether oxygens (including phenoxy) is 3. The number of methoxy groups -OCH3 is 2. The van der Waals surface area contributed by atoms with Gasteiger partial charge in [0.25, 0.3) is 0 Å². The van der Waals surface area contributed by atoms with Gasteiger partial charge in [0.1, 0.15) is 17.7 Å². The second-order valence-corrected chi connectivity index (χ2v) is 20.3. The highest BCUT2D eigenvalue weighted by molar-refractivity contribution is 5.88. The number of aromatic amines is 2. The van der Waals surface area contributed by atoms with E-state index in [-0.39, 0.29) is 47.6 Å². The van der Waals surface area contributed by atoms with Crippen LogP contribution in [0.15, 0.2) is 85.2 Å². The minimum absolute atomic E-state index is 0.0193. The van der Waals surface area contributed by atoms with Gasteiger partial charge in [0.15, 0.2) is 5.78 Å².